The van der Waals surface area contributed by atoms with Gasteiger partial charge in [-0.1, -0.05) is 0 Å². The van der Waals surface area contributed by atoms with Crippen LogP contribution in [0.25, 0.3) is 0 Å². The number of aromatic amines is 1. The molecule has 0 fully saturated rings. The largest absolute Gasteiger partial charge is 0.493 e. The number of carbonyl (C=O) groups excluding carboxylic acids is 1. The lowest BCUT2D eigenvalue weighted by atomic mass is 10.1. The smallest absolute Gasteiger partial charge is 0.251 e. The third-order valence-electron chi connectivity index (χ3n) is 5.13. The summed E-state index contributed by atoms with van der Waals surface area (Å²) in [4.78, 5) is 12.7. The van der Waals surface area contributed by atoms with Crippen LogP contribution in [0.1, 0.15) is 39.3 Å². The Morgan fingerprint density at radius 2 is 2.06 bits per heavy atom. The molecule has 1 aliphatic carbocycles. The number of carbonyl (C=O) groups is 1. The molecule has 0 saturated carbocycles. The Labute approximate surface area is 185 Å². The molecule has 0 unspecified atom stereocenters. The second kappa shape index (κ2) is 9.80. The monoisotopic (exact) mass is 446 g/mol. The van der Waals surface area contributed by atoms with E-state index in [2.05, 4.69) is 15.5 Å². The number of halogens is 2. The predicted octanol–water partition coefficient (Wildman–Crippen LogP) is 3.65. The first kappa shape index (κ1) is 22.6. The van der Waals surface area contributed by atoms with Crippen molar-refractivity contribution < 1.29 is 18.7 Å². The molecule has 1 amide bonds. The third-order valence-corrected chi connectivity index (χ3v) is 5.13. The van der Waals surface area contributed by atoms with Crippen molar-refractivity contribution in [3.63, 3.8) is 0 Å². The van der Waals surface area contributed by atoms with Crippen LogP contribution in [0.2, 0.25) is 0 Å². The summed E-state index contributed by atoms with van der Waals surface area (Å²) in [5, 5.41) is 10.2. The number of ether oxygens (including phenoxy) is 2. The fourth-order valence-corrected chi connectivity index (χ4v) is 3.62. The van der Waals surface area contributed by atoms with Gasteiger partial charge in [0.15, 0.2) is 11.5 Å². The molecule has 0 saturated heterocycles. The zero-order valence-electron chi connectivity index (χ0n) is 17.0. The van der Waals surface area contributed by atoms with Crippen molar-refractivity contribution in [3.05, 3.63) is 70.3 Å². The van der Waals surface area contributed by atoms with E-state index in [0.717, 1.165) is 30.7 Å². The van der Waals surface area contributed by atoms with Crippen LogP contribution in [0, 0.1) is 5.82 Å². The van der Waals surface area contributed by atoms with Crippen molar-refractivity contribution in [2.24, 2.45) is 5.73 Å². The van der Waals surface area contributed by atoms with E-state index < -0.39 is 5.82 Å². The molecular formula is C22H24ClFN4O3. The standard InChI is InChI=1S/C22H23FN4O3.ClH/c1-29-20-6-5-14(9-21(20)30-16-8-13(11-24)7-15(23)10-16)22(28)25-12-19-17-3-2-4-18(17)26-27-19;/h5-10H,2-4,11-12,24H2,1H3,(H,25,28)(H,26,27);1H. The second-order valence-electron chi connectivity index (χ2n) is 7.13. The van der Waals surface area contributed by atoms with Gasteiger partial charge in [-0.2, -0.15) is 5.10 Å². The Bertz CT molecular complexity index is 1090. The summed E-state index contributed by atoms with van der Waals surface area (Å²) in [7, 11) is 1.50. The van der Waals surface area contributed by atoms with Gasteiger partial charge in [0.25, 0.3) is 5.91 Å². The van der Waals surface area contributed by atoms with Crippen LogP contribution in [0.5, 0.6) is 17.2 Å². The van der Waals surface area contributed by atoms with Crippen molar-refractivity contribution in [3.8, 4) is 17.2 Å². The molecule has 31 heavy (non-hydrogen) atoms. The fourth-order valence-electron chi connectivity index (χ4n) is 3.62. The number of hydrogen-bond acceptors (Lipinski definition) is 5. The average molecular weight is 447 g/mol. The van der Waals surface area contributed by atoms with Crippen molar-refractivity contribution in [2.45, 2.75) is 32.4 Å². The maximum atomic E-state index is 13.8. The van der Waals surface area contributed by atoms with Gasteiger partial charge in [-0.05, 0) is 60.7 Å². The molecule has 9 heteroatoms. The quantitative estimate of drug-likeness (QED) is 0.514. The Hall–Kier alpha value is -3.10. The van der Waals surface area contributed by atoms with Gasteiger partial charge in [0, 0.05) is 23.9 Å². The van der Waals surface area contributed by atoms with E-state index in [9.17, 15) is 9.18 Å². The van der Waals surface area contributed by atoms with Crippen molar-refractivity contribution in [1.29, 1.82) is 0 Å². The average Bonchev–Trinajstić information content (AvgIpc) is 3.36. The lowest BCUT2D eigenvalue weighted by Crippen LogP contribution is -2.23. The number of methoxy groups -OCH3 is 1. The Balaban J connectivity index is 0.00000272. The zero-order valence-corrected chi connectivity index (χ0v) is 17.9. The minimum absolute atomic E-state index is 0. The van der Waals surface area contributed by atoms with Gasteiger partial charge < -0.3 is 20.5 Å². The van der Waals surface area contributed by atoms with Crippen LogP contribution in [0.3, 0.4) is 0 Å². The first-order valence-corrected chi connectivity index (χ1v) is 9.76. The van der Waals surface area contributed by atoms with Crippen LogP contribution in [-0.2, 0) is 25.9 Å². The number of aromatic nitrogens is 2. The highest BCUT2D eigenvalue weighted by Gasteiger charge is 2.19. The number of aryl methyl sites for hydroxylation is 1. The second-order valence-corrected chi connectivity index (χ2v) is 7.13. The van der Waals surface area contributed by atoms with E-state index in [1.807, 2.05) is 0 Å². The van der Waals surface area contributed by atoms with Gasteiger partial charge in [-0.25, -0.2) is 4.39 Å². The minimum atomic E-state index is -0.452. The summed E-state index contributed by atoms with van der Waals surface area (Å²) >= 11 is 0. The molecule has 1 aliphatic rings. The number of rotatable bonds is 7. The third kappa shape index (κ3) is 4.98. The number of hydrogen-bond donors (Lipinski definition) is 3. The van der Waals surface area contributed by atoms with Gasteiger partial charge in [-0.3, -0.25) is 9.89 Å². The molecule has 0 spiro atoms. The summed E-state index contributed by atoms with van der Waals surface area (Å²) in [6.45, 7) is 0.529. The number of amides is 1. The molecule has 1 aromatic heterocycles. The molecule has 4 N–H and O–H groups in total. The molecule has 2 aromatic carbocycles. The Morgan fingerprint density at radius 3 is 2.84 bits per heavy atom. The first-order chi connectivity index (χ1) is 14.6. The summed E-state index contributed by atoms with van der Waals surface area (Å²) in [5.41, 5.74) is 9.83. The van der Waals surface area contributed by atoms with Gasteiger partial charge in [-0.15, -0.1) is 12.4 Å². The number of benzene rings is 2. The molecule has 0 atom stereocenters. The molecule has 7 nitrogen and oxygen atoms in total. The number of nitrogens with two attached hydrogens (primary N) is 1. The maximum Gasteiger partial charge on any atom is 0.251 e. The summed E-state index contributed by atoms with van der Waals surface area (Å²) in [6.07, 6.45) is 3.09. The van der Waals surface area contributed by atoms with Crippen molar-refractivity contribution in [2.75, 3.05) is 7.11 Å². The Kier molecular flexibility index (Phi) is 7.14. The number of nitrogens with zero attached hydrogens (tertiary/aromatic N) is 1. The molecule has 0 aliphatic heterocycles. The molecule has 3 aromatic rings. The number of nitrogens with one attached hydrogen (secondary N) is 2. The van der Waals surface area contributed by atoms with Crippen molar-refractivity contribution >= 4 is 18.3 Å². The highest BCUT2D eigenvalue weighted by atomic mass is 35.5. The molecule has 1 heterocycles. The van der Waals surface area contributed by atoms with Gasteiger partial charge >= 0.3 is 0 Å². The highest BCUT2D eigenvalue weighted by molar-refractivity contribution is 5.94. The summed E-state index contributed by atoms with van der Waals surface area (Å²) in [5.74, 6) is 0.291. The van der Waals surface area contributed by atoms with Crippen LogP contribution >= 0.6 is 12.4 Å². The van der Waals surface area contributed by atoms with E-state index in [1.54, 1.807) is 24.3 Å². The predicted molar refractivity (Wildman–Crippen MR) is 116 cm³/mol. The zero-order chi connectivity index (χ0) is 21.1. The lowest BCUT2D eigenvalue weighted by Gasteiger charge is -2.13. The van der Waals surface area contributed by atoms with E-state index in [-0.39, 0.29) is 30.6 Å². The lowest BCUT2D eigenvalue weighted by molar-refractivity contribution is 0.0950. The molecule has 164 valence electrons. The van der Waals surface area contributed by atoms with E-state index in [4.69, 9.17) is 15.2 Å². The van der Waals surface area contributed by atoms with Crippen LogP contribution in [0.15, 0.2) is 36.4 Å². The molecule has 0 radical (unpaired) electrons. The Morgan fingerprint density at radius 1 is 1.23 bits per heavy atom. The number of fused-ring (bicyclic) bond motifs is 1. The van der Waals surface area contributed by atoms with Crippen LogP contribution in [0.4, 0.5) is 4.39 Å². The normalized spacial score (nSPS) is 12.1. The molecule has 4 rings (SSSR count). The molecule has 0 bridgehead atoms. The number of H-pyrrole nitrogens is 1. The summed E-state index contributed by atoms with van der Waals surface area (Å²) < 4.78 is 24.9. The van der Waals surface area contributed by atoms with Crippen LogP contribution in [-0.4, -0.2) is 23.2 Å². The van der Waals surface area contributed by atoms with Gasteiger partial charge in [0.1, 0.15) is 11.6 Å². The fraction of sp³-hybridized carbons (Fsp3) is 0.273. The summed E-state index contributed by atoms with van der Waals surface area (Å²) in [6, 6.07) is 9.10. The van der Waals surface area contributed by atoms with Gasteiger partial charge in [0.2, 0.25) is 0 Å². The minimum Gasteiger partial charge on any atom is -0.493 e. The van der Waals surface area contributed by atoms with E-state index in [1.165, 1.54) is 24.8 Å². The van der Waals surface area contributed by atoms with Crippen molar-refractivity contribution in [1.82, 2.24) is 15.5 Å². The van der Waals surface area contributed by atoms with Crippen LogP contribution < -0.4 is 20.5 Å². The SMILES string of the molecule is COc1ccc(C(=O)NCc2n[nH]c3c2CCC3)cc1Oc1cc(F)cc(CN)c1.Cl. The molecular weight excluding hydrogens is 423 g/mol. The first-order valence-electron chi connectivity index (χ1n) is 9.76. The van der Waals surface area contributed by atoms with E-state index >= 15 is 0 Å². The highest BCUT2D eigenvalue weighted by Crippen LogP contribution is 2.33. The topological polar surface area (TPSA) is 102 Å². The maximum absolute atomic E-state index is 13.8. The van der Waals surface area contributed by atoms with Gasteiger partial charge in [0.05, 0.1) is 19.3 Å². The van der Waals surface area contributed by atoms with E-state index in [0.29, 0.717) is 29.2 Å².